The fourth-order valence-electron chi connectivity index (χ4n) is 3.43. The van der Waals surface area contributed by atoms with Crippen LogP contribution in [0.1, 0.15) is 68.9 Å². The predicted molar refractivity (Wildman–Crippen MR) is 99.7 cm³/mol. The van der Waals surface area contributed by atoms with Crippen molar-refractivity contribution in [3.05, 3.63) is 60.2 Å². The molecule has 1 saturated carbocycles. The minimum Gasteiger partial charge on any atom is -0.376 e. The standard InChI is InChI=1S/C22H32O/c1-3-5-7-8-19-9-13-21(14-10-19)22-15-11-20(12-16-22)18-23-17-6-4-2/h4-5,7,11-12,15-16,19,21H,2-3,6,8-10,13-14,17-18H2,1H3/b7-5+/t19-,21-. The summed E-state index contributed by atoms with van der Waals surface area (Å²) in [5, 5.41) is 0. The van der Waals surface area contributed by atoms with Gasteiger partial charge in [-0.15, -0.1) is 6.58 Å². The first kappa shape index (κ1) is 18.0. The van der Waals surface area contributed by atoms with Gasteiger partial charge in [-0.3, -0.25) is 0 Å². The molecule has 1 nitrogen and oxygen atoms in total. The molecule has 23 heavy (non-hydrogen) atoms. The van der Waals surface area contributed by atoms with Crippen molar-refractivity contribution in [3.63, 3.8) is 0 Å². The maximum Gasteiger partial charge on any atom is 0.0717 e. The van der Waals surface area contributed by atoms with Gasteiger partial charge in [-0.05, 0) is 67.9 Å². The van der Waals surface area contributed by atoms with Crippen LogP contribution in [0.15, 0.2) is 49.1 Å². The van der Waals surface area contributed by atoms with Crippen molar-refractivity contribution < 1.29 is 4.74 Å². The van der Waals surface area contributed by atoms with E-state index in [-0.39, 0.29) is 0 Å². The highest BCUT2D eigenvalue weighted by atomic mass is 16.5. The van der Waals surface area contributed by atoms with Crippen LogP contribution < -0.4 is 0 Å². The predicted octanol–water partition coefficient (Wildman–Crippen LogP) is 6.41. The molecule has 0 radical (unpaired) electrons. The Morgan fingerprint density at radius 1 is 1.09 bits per heavy atom. The van der Waals surface area contributed by atoms with Gasteiger partial charge in [0.15, 0.2) is 0 Å². The number of hydrogen-bond acceptors (Lipinski definition) is 1. The molecule has 1 aromatic rings. The second-order valence-electron chi connectivity index (χ2n) is 6.70. The fraction of sp³-hybridized carbons (Fsp3) is 0.545. The van der Waals surface area contributed by atoms with Gasteiger partial charge < -0.3 is 4.74 Å². The quantitative estimate of drug-likeness (QED) is 0.378. The maximum atomic E-state index is 5.63. The summed E-state index contributed by atoms with van der Waals surface area (Å²) in [6, 6.07) is 9.10. The summed E-state index contributed by atoms with van der Waals surface area (Å²) >= 11 is 0. The van der Waals surface area contributed by atoms with Crippen molar-refractivity contribution in [2.45, 2.75) is 64.4 Å². The lowest BCUT2D eigenvalue weighted by atomic mass is 9.77. The highest BCUT2D eigenvalue weighted by Gasteiger charge is 2.21. The summed E-state index contributed by atoms with van der Waals surface area (Å²) < 4.78 is 5.63. The van der Waals surface area contributed by atoms with Gasteiger partial charge in [0.2, 0.25) is 0 Å². The van der Waals surface area contributed by atoms with Gasteiger partial charge in [0, 0.05) is 0 Å². The monoisotopic (exact) mass is 312 g/mol. The summed E-state index contributed by atoms with van der Waals surface area (Å²) in [7, 11) is 0. The summed E-state index contributed by atoms with van der Waals surface area (Å²) in [6.45, 7) is 7.40. The zero-order valence-electron chi connectivity index (χ0n) is 14.7. The molecule has 0 bridgehead atoms. The van der Waals surface area contributed by atoms with Crippen molar-refractivity contribution in [2.24, 2.45) is 5.92 Å². The van der Waals surface area contributed by atoms with Gasteiger partial charge in [-0.2, -0.15) is 0 Å². The zero-order valence-corrected chi connectivity index (χ0v) is 14.7. The van der Waals surface area contributed by atoms with Crippen molar-refractivity contribution in [1.29, 1.82) is 0 Å². The average Bonchev–Trinajstić information content (AvgIpc) is 2.60. The third-order valence-corrected chi connectivity index (χ3v) is 4.90. The molecule has 0 atom stereocenters. The maximum absolute atomic E-state index is 5.63. The zero-order chi connectivity index (χ0) is 16.3. The summed E-state index contributed by atoms with van der Waals surface area (Å²) in [4.78, 5) is 0. The van der Waals surface area contributed by atoms with Crippen LogP contribution >= 0.6 is 0 Å². The first-order valence-corrected chi connectivity index (χ1v) is 9.26. The van der Waals surface area contributed by atoms with Gasteiger partial charge >= 0.3 is 0 Å². The second-order valence-corrected chi connectivity index (χ2v) is 6.70. The van der Waals surface area contributed by atoms with E-state index in [4.69, 9.17) is 4.74 Å². The van der Waals surface area contributed by atoms with E-state index in [0.29, 0.717) is 6.61 Å². The van der Waals surface area contributed by atoms with Gasteiger partial charge in [0.25, 0.3) is 0 Å². The Hall–Kier alpha value is -1.34. The molecule has 0 spiro atoms. The molecular formula is C22H32O. The van der Waals surface area contributed by atoms with Crippen molar-refractivity contribution >= 4 is 0 Å². The highest BCUT2D eigenvalue weighted by molar-refractivity contribution is 5.25. The molecule has 1 fully saturated rings. The molecule has 0 saturated heterocycles. The van der Waals surface area contributed by atoms with Gasteiger partial charge in [-0.1, -0.05) is 49.4 Å². The van der Waals surface area contributed by atoms with E-state index in [2.05, 4.69) is 49.9 Å². The smallest absolute Gasteiger partial charge is 0.0717 e. The lowest BCUT2D eigenvalue weighted by Gasteiger charge is -2.28. The van der Waals surface area contributed by atoms with Crippen LogP contribution in [-0.4, -0.2) is 6.61 Å². The Bertz CT molecular complexity index is 463. The van der Waals surface area contributed by atoms with Crippen LogP contribution in [0.5, 0.6) is 0 Å². The largest absolute Gasteiger partial charge is 0.376 e. The third kappa shape index (κ3) is 6.35. The van der Waals surface area contributed by atoms with E-state index >= 15 is 0 Å². The number of ether oxygens (including phenoxy) is 1. The van der Waals surface area contributed by atoms with E-state index < -0.39 is 0 Å². The van der Waals surface area contributed by atoms with Crippen LogP contribution in [0, 0.1) is 5.92 Å². The van der Waals surface area contributed by atoms with Gasteiger partial charge in [0.05, 0.1) is 13.2 Å². The molecule has 1 aliphatic carbocycles. The summed E-state index contributed by atoms with van der Waals surface area (Å²) in [5.74, 6) is 1.67. The molecule has 2 rings (SSSR count). The molecule has 0 unspecified atom stereocenters. The van der Waals surface area contributed by atoms with E-state index in [1.54, 1.807) is 0 Å². The van der Waals surface area contributed by atoms with Crippen molar-refractivity contribution in [2.75, 3.05) is 6.61 Å². The van der Waals surface area contributed by atoms with Crippen LogP contribution in [0.3, 0.4) is 0 Å². The van der Waals surface area contributed by atoms with Crippen molar-refractivity contribution in [3.8, 4) is 0 Å². The molecule has 126 valence electrons. The average molecular weight is 312 g/mol. The lowest BCUT2D eigenvalue weighted by Crippen LogP contribution is -2.12. The van der Waals surface area contributed by atoms with E-state index in [9.17, 15) is 0 Å². The Morgan fingerprint density at radius 3 is 2.48 bits per heavy atom. The lowest BCUT2D eigenvalue weighted by molar-refractivity contribution is 0.125. The molecule has 1 aromatic carbocycles. The Morgan fingerprint density at radius 2 is 1.83 bits per heavy atom. The van der Waals surface area contributed by atoms with E-state index in [1.807, 2.05) is 6.08 Å². The second kappa shape index (κ2) is 10.4. The SMILES string of the molecule is C=CCCOCc1ccc([C@H]2CC[C@H](C/C=C/CC)CC2)cc1. The topological polar surface area (TPSA) is 9.23 Å². The highest BCUT2D eigenvalue weighted by Crippen LogP contribution is 2.37. The van der Waals surface area contributed by atoms with E-state index in [0.717, 1.165) is 24.9 Å². The van der Waals surface area contributed by atoms with Crippen LogP contribution in [0.4, 0.5) is 0 Å². The fourth-order valence-corrected chi connectivity index (χ4v) is 3.43. The Labute approximate surface area is 142 Å². The molecule has 0 aromatic heterocycles. The van der Waals surface area contributed by atoms with Crippen LogP contribution in [0.25, 0.3) is 0 Å². The third-order valence-electron chi connectivity index (χ3n) is 4.90. The van der Waals surface area contributed by atoms with Crippen molar-refractivity contribution in [1.82, 2.24) is 0 Å². The molecular weight excluding hydrogens is 280 g/mol. The molecule has 1 aliphatic rings. The molecule has 1 heteroatoms. The van der Waals surface area contributed by atoms with Gasteiger partial charge in [0.1, 0.15) is 0 Å². The normalized spacial score (nSPS) is 21.6. The molecule has 0 amide bonds. The van der Waals surface area contributed by atoms with Crippen LogP contribution in [0.2, 0.25) is 0 Å². The summed E-state index contributed by atoms with van der Waals surface area (Å²) in [6.07, 6.45) is 15.4. The number of hydrogen-bond donors (Lipinski definition) is 0. The summed E-state index contributed by atoms with van der Waals surface area (Å²) in [5.41, 5.74) is 2.79. The van der Waals surface area contributed by atoms with Gasteiger partial charge in [-0.25, -0.2) is 0 Å². The molecule has 0 N–H and O–H groups in total. The first-order chi connectivity index (χ1) is 11.3. The Kier molecular flexibility index (Phi) is 8.17. The Balaban J connectivity index is 1.75. The van der Waals surface area contributed by atoms with Crippen LogP contribution in [-0.2, 0) is 11.3 Å². The van der Waals surface area contributed by atoms with E-state index in [1.165, 1.54) is 49.7 Å². The molecule has 0 heterocycles. The first-order valence-electron chi connectivity index (χ1n) is 9.26. The minimum atomic E-state index is 0.713. The number of allylic oxidation sites excluding steroid dienone is 2. The number of benzene rings is 1. The molecule has 0 aliphatic heterocycles. The number of rotatable bonds is 9. The minimum absolute atomic E-state index is 0.713.